The Morgan fingerprint density at radius 1 is 1.22 bits per heavy atom. The zero-order chi connectivity index (χ0) is 18.6. The van der Waals surface area contributed by atoms with Crippen LogP contribution < -0.4 is 16.2 Å². The van der Waals surface area contributed by atoms with Gasteiger partial charge in [0.25, 0.3) is 5.56 Å². The summed E-state index contributed by atoms with van der Waals surface area (Å²) in [5.74, 6) is 0. The van der Waals surface area contributed by atoms with Gasteiger partial charge in [-0.2, -0.15) is 0 Å². The number of aromatic nitrogens is 2. The lowest BCUT2D eigenvalue weighted by Crippen LogP contribution is -2.22. The first-order chi connectivity index (χ1) is 13.3. The Bertz CT molecular complexity index is 972. The molecule has 2 N–H and O–H groups in total. The third-order valence-corrected chi connectivity index (χ3v) is 5.18. The number of hydrogen-bond acceptors (Lipinski definition) is 4. The molecule has 5 nitrogen and oxygen atoms in total. The summed E-state index contributed by atoms with van der Waals surface area (Å²) in [4.78, 5) is 18.0. The molecule has 4 rings (SSSR count). The number of hydrogen-bond donors (Lipinski definition) is 2. The maximum absolute atomic E-state index is 13.2. The molecule has 0 radical (unpaired) electrons. The van der Waals surface area contributed by atoms with Gasteiger partial charge in [0.2, 0.25) is 0 Å². The van der Waals surface area contributed by atoms with Crippen LogP contribution in [-0.2, 0) is 6.42 Å². The van der Waals surface area contributed by atoms with Gasteiger partial charge in [-0.15, -0.1) is 0 Å². The van der Waals surface area contributed by atoms with Gasteiger partial charge in [0, 0.05) is 24.5 Å². The number of rotatable bonds is 6. The Morgan fingerprint density at radius 2 is 2.07 bits per heavy atom. The summed E-state index contributed by atoms with van der Waals surface area (Å²) in [6, 6.07) is 14.4. The lowest BCUT2D eigenvalue weighted by molar-refractivity contribution is 0.774. The van der Waals surface area contributed by atoms with Crippen molar-refractivity contribution in [2.75, 3.05) is 18.4 Å². The average molecular weight is 362 g/mol. The second-order valence-electron chi connectivity index (χ2n) is 7.18. The van der Waals surface area contributed by atoms with Gasteiger partial charge in [0.05, 0.1) is 11.3 Å². The van der Waals surface area contributed by atoms with Crippen molar-refractivity contribution in [3.63, 3.8) is 0 Å². The molecule has 0 saturated carbocycles. The number of nitrogens with zero attached hydrogens (tertiary/aromatic N) is 2. The molecule has 0 bridgehead atoms. The molecule has 0 unspecified atom stereocenters. The minimum atomic E-state index is 0.00686. The standard InChI is InChI=1S/C22H26N4O/c1-2-3-6-19-21(22(27)26-14-5-4-7-20(26)25-19)16-8-10-17(11-9-16)24-18-12-13-23-15-18/h4-5,7-11,14,18,23-24H,2-3,6,12-13,15H2,1H3/t18-/m0/s1. The van der Waals surface area contributed by atoms with E-state index in [1.165, 1.54) is 0 Å². The maximum atomic E-state index is 13.2. The van der Waals surface area contributed by atoms with E-state index >= 15 is 0 Å². The van der Waals surface area contributed by atoms with E-state index in [2.05, 4.69) is 29.7 Å². The average Bonchev–Trinajstić information content (AvgIpc) is 3.20. The van der Waals surface area contributed by atoms with E-state index in [0.29, 0.717) is 11.7 Å². The summed E-state index contributed by atoms with van der Waals surface area (Å²) < 4.78 is 1.64. The van der Waals surface area contributed by atoms with Gasteiger partial charge in [-0.25, -0.2) is 4.98 Å². The minimum Gasteiger partial charge on any atom is -0.381 e. The predicted octanol–water partition coefficient (Wildman–Crippen LogP) is 3.48. The van der Waals surface area contributed by atoms with Crippen LogP contribution in [0.5, 0.6) is 0 Å². The summed E-state index contributed by atoms with van der Waals surface area (Å²) in [6.07, 6.45) is 5.85. The lowest BCUT2D eigenvalue weighted by atomic mass is 10.0. The Labute approximate surface area is 159 Å². The molecular weight excluding hydrogens is 336 g/mol. The molecule has 0 aliphatic carbocycles. The van der Waals surface area contributed by atoms with Crippen molar-refractivity contribution < 1.29 is 0 Å². The highest BCUT2D eigenvalue weighted by Crippen LogP contribution is 2.23. The predicted molar refractivity (Wildman–Crippen MR) is 110 cm³/mol. The summed E-state index contributed by atoms with van der Waals surface area (Å²) in [6.45, 7) is 4.22. The van der Waals surface area contributed by atoms with E-state index in [1.807, 2.05) is 30.3 Å². The highest BCUT2D eigenvalue weighted by Gasteiger charge is 2.16. The van der Waals surface area contributed by atoms with Crippen LogP contribution in [-0.4, -0.2) is 28.5 Å². The highest BCUT2D eigenvalue weighted by molar-refractivity contribution is 5.69. The molecule has 1 fully saturated rings. The SMILES string of the molecule is CCCCc1nc2ccccn2c(=O)c1-c1ccc(N[C@H]2CCNC2)cc1. The second-order valence-corrected chi connectivity index (χ2v) is 7.18. The highest BCUT2D eigenvalue weighted by atomic mass is 16.1. The number of anilines is 1. The molecule has 1 aromatic carbocycles. The zero-order valence-corrected chi connectivity index (χ0v) is 15.7. The molecule has 0 amide bonds. The Morgan fingerprint density at radius 3 is 2.81 bits per heavy atom. The van der Waals surface area contributed by atoms with Crippen LogP contribution in [0.15, 0.2) is 53.5 Å². The van der Waals surface area contributed by atoms with Crippen LogP contribution in [0.3, 0.4) is 0 Å². The molecular formula is C22H26N4O. The molecule has 3 heterocycles. The van der Waals surface area contributed by atoms with Crippen molar-refractivity contribution in [3.05, 3.63) is 64.7 Å². The van der Waals surface area contributed by atoms with Gasteiger partial charge in [-0.05, 0) is 55.6 Å². The van der Waals surface area contributed by atoms with Gasteiger partial charge in [0.15, 0.2) is 0 Å². The van der Waals surface area contributed by atoms with Crippen LogP contribution in [0.25, 0.3) is 16.8 Å². The first-order valence-electron chi connectivity index (χ1n) is 9.84. The van der Waals surface area contributed by atoms with E-state index in [0.717, 1.165) is 61.3 Å². The smallest absolute Gasteiger partial charge is 0.265 e. The quantitative estimate of drug-likeness (QED) is 0.705. The van der Waals surface area contributed by atoms with E-state index in [1.54, 1.807) is 10.6 Å². The number of nitrogens with one attached hydrogen (secondary N) is 2. The molecule has 1 saturated heterocycles. The summed E-state index contributed by atoms with van der Waals surface area (Å²) in [5, 5.41) is 6.92. The van der Waals surface area contributed by atoms with Crippen LogP contribution in [0.1, 0.15) is 31.9 Å². The molecule has 3 aromatic rings. The number of pyridine rings is 1. The third-order valence-electron chi connectivity index (χ3n) is 5.18. The molecule has 27 heavy (non-hydrogen) atoms. The largest absolute Gasteiger partial charge is 0.381 e. The number of fused-ring (bicyclic) bond motifs is 1. The molecule has 1 aliphatic heterocycles. The molecule has 5 heteroatoms. The lowest BCUT2D eigenvalue weighted by Gasteiger charge is -2.14. The molecule has 0 spiro atoms. The maximum Gasteiger partial charge on any atom is 0.265 e. The first kappa shape index (κ1) is 17.7. The van der Waals surface area contributed by atoms with Crippen LogP contribution in [0, 0.1) is 0 Å². The Kier molecular flexibility index (Phi) is 5.21. The fraction of sp³-hybridized carbons (Fsp3) is 0.364. The van der Waals surface area contributed by atoms with E-state index in [9.17, 15) is 4.79 Å². The molecule has 1 aliphatic rings. The van der Waals surface area contributed by atoms with Crippen molar-refractivity contribution in [2.24, 2.45) is 0 Å². The number of benzene rings is 1. The van der Waals surface area contributed by atoms with Gasteiger partial charge in [-0.1, -0.05) is 31.5 Å². The fourth-order valence-corrected chi connectivity index (χ4v) is 3.70. The second kappa shape index (κ2) is 7.92. The van der Waals surface area contributed by atoms with Crippen molar-refractivity contribution in [1.29, 1.82) is 0 Å². The minimum absolute atomic E-state index is 0.00686. The van der Waals surface area contributed by atoms with Gasteiger partial charge >= 0.3 is 0 Å². The number of unbranched alkanes of at least 4 members (excludes halogenated alkanes) is 1. The van der Waals surface area contributed by atoms with Crippen LogP contribution in [0.2, 0.25) is 0 Å². The van der Waals surface area contributed by atoms with Crippen molar-refractivity contribution >= 4 is 11.3 Å². The van der Waals surface area contributed by atoms with Crippen LogP contribution >= 0.6 is 0 Å². The normalized spacial score (nSPS) is 16.7. The fourth-order valence-electron chi connectivity index (χ4n) is 3.70. The van der Waals surface area contributed by atoms with E-state index in [4.69, 9.17) is 4.98 Å². The summed E-state index contributed by atoms with van der Waals surface area (Å²) >= 11 is 0. The van der Waals surface area contributed by atoms with Crippen molar-refractivity contribution in [2.45, 2.75) is 38.6 Å². The third kappa shape index (κ3) is 3.74. The monoisotopic (exact) mass is 362 g/mol. The summed E-state index contributed by atoms with van der Waals surface area (Å²) in [7, 11) is 0. The first-order valence-corrected chi connectivity index (χ1v) is 9.84. The van der Waals surface area contributed by atoms with Crippen molar-refractivity contribution in [3.8, 4) is 11.1 Å². The number of aryl methyl sites for hydroxylation is 1. The summed E-state index contributed by atoms with van der Waals surface area (Å²) in [5.41, 5.74) is 4.37. The zero-order valence-electron chi connectivity index (χ0n) is 15.7. The van der Waals surface area contributed by atoms with Gasteiger partial charge in [-0.3, -0.25) is 9.20 Å². The van der Waals surface area contributed by atoms with Gasteiger partial charge < -0.3 is 10.6 Å². The van der Waals surface area contributed by atoms with E-state index < -0.39 is 0 Å². The Balaban J connectivity index is 1.72. The van der Waals surface area contributed by atoms with Gasteiger partial charge in [0.1, 0.15) is 5.65 Å². The van der Waals surface area contributed by atoms with Crippen molar-refractivity contribution in [1.82, 2.24) is 14.7 Å². The van der Waals surface area contributed by atoms with E-state index in [-0.39, 0.29) is 5.56 Å². The Hall–Kier alpha value is -2.66. The molecule has 2 aromatic heterocycles. The topological polar surface area (TPSA) is 58.4 Å². The molecule has 140 valence electrons. The molecule has 1 atom stereocenters. The van der Waals surface area contributed by atoms with Crippen LogP contribution in [0.4, 0.5) is 5.69 Å².